The molecule has 1 saturated heterocycles. The van der Waals surface area contributed by atoms with Gasteiger partial charge in [0.2, 0.25) is 0 Å². The molecule has 0 bridgehead atoms. The number of rotatable bonds is 6. The zero-order chi connectivity index (χ0) is 19.2. The zero-order valence-corrected chi connectivity index (χ0v) is 15.2. The third-order valence-electron chi connectivity index (χ3n) is 4.44. The van der Waals surface area contributed by atoms with Gasteiger partial charge in [0.25, 0.3) is 0 Å². The van der Waals surface area contributed by atoms with Gasteiger partial charge in [0.15, 0.2) is 11.5 Å². The molecule has 1 aliphatic heterocycles. The van der Waals surface area contributed by atoms with E-state index in [0.717, 1.165) is 24.8 Å². The first kappa shape index (κ1) is 18.1. The molecular weight excluding hydrogens is 360 g/mol. The number of nitrogens with zero attached hydrogens (tertiary/aromatic N) is 4. The quantitative estimate of drug-likeness (QED) is 0.479. The van der Waals surface area contributed by atoms with Gasteiger partial charge in [-0.15, -0.1) is 5.10 Å². The van der Waals surface area contributed by atoms with Crippen molar-refractivity contribution in [2.24, 2.45) is 0 Å². The number of esters is 1. The number of furan rings is 1. The topological polar surface area (TPSA) is 92.3 Å². The van der Waals surface area contributed by atoms with Crippen molar-refractivity contribution in [1.82, 2.24) is 20.2 Å². The van der Waals surface area contributed by atoms with E-state index in [-0.39, 0.29) is 18.4 Å². The van der Waals surface area contributed by atoms with Crippen molar-refractivity contribution in [1.29, 1.82) is 0 Å². The first-order chi connectivity index (χ1) is 13.8. The summed E-state index contributed by atoms with van der Waals surface area (Å²) in [4.78, 5) is 12.9. The van der Waals surface area contributed by atoms with E-state index >= 15 is 0 Å². The summed E-state index contributed by atoms with van der Waals surface area (Å²) in [6.45, 7) is 0.888. The Labute approximate surface area is 161 Å². The van der Waals surface area contributed by atoms with Crippen LogP contribution in [0.2, 0.25) is 0 Å². The summed E-state index contributed by atoms with van der Waals surface area (Å²) in [6.07, 6.45) is 6.01. The van der Waals surface area contributed by atoms with E-state index in [1.165, 1.54) is 10.9 Å². The van der Waals surface area contributed by atoms with Gasteiger partial charge < -0.3 is 13.9 Å². The van der Waals surface area contributed by atoms with Crippen molar-refractivity contribution in [3.05, 3.63) is 54.5 Å². The predicted molar refractivity (Wildman–Crippen MR) is 101 cm³/mol. The average molecular weight is 380 g/mol. The number of ether oxygens (including phenoxy) is 2. The van der Waals surface area contributed by atoms with Crippen molar-refractivity contribution >= 4 is 17.7 Å². The SMILES string of the molecule is O=C(OCC1CCCCO1)C(=Cc1ccco1)n1nnnc1-c1ccccc1. The molecule has 2 aromatic heterocycles. The highest BCUT2D eigenvalue weighted by molar-refractivity contribution is 6.15. The van der Waals surface area contributed by atoms with E-state index in [0.29, 0.717) is 18.2 Å². The summed E-state index contributed by atoms with van der Waals surface area (Å²) in [5.74, 6) is 0.384. The van der Waals surface area contributed by atoms with Crippen molar-refractivity contribution in [2.45, 2.75) is 25.4 Å². The molecule has 1 fully saturated rings. The first-order valence-corrected chi connectivity index (χ1v) is 9.19. The summed E-state index contributed by atoms with van der Waals surface area (Å²) >= 11 is 0. The minimum Gasteiger partial charge on any atom is -0.465 e. The number of benzene rings is 1. The number of hydrogen-bond acceptors (Lipinski definition) is 7. The lowest BCUT2D eigenvalue weighted by atomic mass is 10.1. The van der Waals surface area contributed by atoms with Crippen LogP contribution in [0, 0.1) is 0 Å². The van der Waals surface area contributed by atoms with Crippen molar-refractivity contribution in [3.63, 3.8) is 0 Å². The van der Waals surface area contributed by atoms with Gasteiger partial charge in [-0.2, -0.15) is 4.68 Å². The van der Waals surface area contributed by atoms with Gasteiger partial charge in [-0.05, 0) is 41.8 Å². The van der Waals surface area contributed by atoms with Crippen LogP contribution in [-0.4, -0.2) is 45.5 Å². The molecule has 28 heavy (non-hydrogen) atoms. The molecule has 1 unspecified atom stereocenters. The maximum Gasteiger partial charge on any atom is 0.357 e. The molecule has 4 rings (SSSR count). The largest absolute Gasteiger partial charge is 0.465 e. The number of carbonyl (C=O) groups is 1. The minimum absolute atomic E-state index is 0.0787. The van der Waals surface area contributed by atoms with Crippen molar-refractivity contribution in [2.75, 3.05) is 13.2 Å². The van der Waals surface area contributed by atoms with E-state index in [9.17, 15) is 4.79 Å². The van der Waals surface area contributed by atoms with Crippen LogP contribution in [0.1, 0.15) is 25.0 Å². The van der Waals surface area contributed by atoms with Gasteiger partial charge in [-0.25, -0.2) is 4.79 Å². The highest BCUT2D eigenvalue weighted by atomic mass is 16.6. The van der Waals surface area contributed by atoms with Crippen LogP contribution in [0.25, 0.3) is 23.2 Å². The molecule has 0 aliphatic carbocycles. The van der Waals surface area contributed by atoms with Crippen LogP contribution >= 0.6 is 0 Å². The standard InChI is InChI=1S/C20H20N4O4/c25-20(28-14-17-9-4-5-11-27-17)18(13-16-10-6-12-26-16)24-19(21-22-23-24)15-7-2-1-3-8-15/h1-3,6-8,10,12-13,17H,4-5,9,11,14H2. The Morgan fingerprint density at radius 1 is 1.21 bits per heavy atom. The van der Waals surface area contributed by atoms with E-state index < -0.39 is 5.97 Å². The Kier molecular flexibility index (Phi) is 5.58. The fourth-order valence-electron chi connectivity index (χ4n) is 3.01. The molecule has 144 valence electrons. The van der Waals surface area contributed by atoms with Gasteiger partial charge in [-0.3, -0.25) is 0 Å². The third kappa shape index (κ3) is 4.17. The monoisotopic (exact) mass is 380 g/mol. The normalized spacial score (nSPS) is 17.4. The van der Waals surface area contributed by atoms with Crippen LogP contribution in [0.3, 0.4) is 0 Å². The van der Waals surface area contributed by atoms with E-state index in [1.807, 2.05) is 30.3 Å². The molecule has 0 spiro atoms. The zero-order valence-electron chi connectivity index (χ0n) is 15.2. The highest BCUT2D eigenvalue weighted by Gasteiger charge is 2.23. The Morgan fingerprint density at radius 3 is 2.86 bits per heavy atom. The number of hydrogen-bond donors (Lipinski definition) is 0. The Morgan fingerprint density at radius 2 is 2.11 bits per heavy atom. The average Bonchev–Trinajstić information content (AvgIpc) is 3.43. The Hall–Kier alpha value is -3.26. The third-order valence-corrected chi connectivity index (χ3v) is 4.44. The molecule has 8 heteroatoms. The second-order valence-electron chi connectivity index (χ2n) is 6.41. The van der Waals surface area contributed by atoms with Crippen LogP contribution in [0.5, 0.6) is 0 Å². The number of aromatic nitrogens is 4. The maximum atomic E-state index is 12.9. The summed E-state index contributed by atoms with van der Waals surface area (Å²) < 4.78 is 17.9. The number of tetrazole rings is 1. The van der Waals surface area contributed by atoms with Gasteiger partial charge in [0.1, 0.15) is 12.4 Å². The van der Waals surface area contributed by atoms with Crippen LogP contribution in [0.4, 0.5) is 0 Å². The molecule has 1 atom stereocenters. The molecule has 8 nitrogen and oxygen atoms in total. The first-order valence-electron chi connectivity index (χ1n) is 9.19. The molecule has 1 aromatic carbocycles. The molecule has 1 aliphatic rings. The number of carbonyl (C=O) groups excluding carboxylic acids is 1. The molecule has 0 saturated carbocycles. The lowest BCUT2D eigenvalue weighted by Crippen LogP contribution is -2.27. The second kappa shape index (κ2) is 8.62. The lowest BCUT2D eigenvalue weighted by molar-refractivity contribution is -0.142. The fourth-order valence-corrected chi connectivity index (χ4v) is 3.01. The van der Waals surface area contributed by atoms with Crippen LogP contribution in [-0.2, 0) is 14.3 Å². The molecule has 0 amide bonds. The fraction of sp³-hybridized carbons (Fsp3) is 0.300. The lowest BCUT2D eigenvalue weighted by Gasteiger charge is -2.22. The van der Waals surface area contributed by atoms with E-state index in [4.69, 9.17) is 13.9 Å². The Bertz CT molecular complexity index is 928. The summed E-state index contributed by atoms with van der Waals surface area (Å²) in [7, 11) is 0. The molecule has 3 heterocycles. The van der Waals surface area contributed by atoms with Gasteiger partial charge in [0, 0.05) is 18.2 Å². The maximum absolute atomic E-state index is 12.9. The van der Waals surface area contributed by atoms with Gasteiger partial charge in [-0.1, -0.05) is 30.3 Å². The smallest absolute Gasteiger partial charge is 0.357 e. The highest BCUT2D eigenvalue weighted by Crippen LogP contribution is 2.22. The molecule has 0 radical (unpaired) electrons. The summed E-state index contributed by atoms with van der Waals surface area (Å²) in [6, 6.07) is 12.9. The van der Waals surface area contributed by atoms with Crippen LogP contribution < -0.4 is 0 Å². The second-order valence-corrected chi connectivity index (χ2v) is 6.41. The van der Waals surface area contributed by atoms with Gasteiger partial charge in [0.05, 0.1) is 12.4 Å². The molecular formula is C20H20N4O4. The summed E-state index contributed by atoms with van der Waals surface area (Å²) in [5.41, 5.74) is 0.941. The van der Waals surface area contributed by atoms with Crippen molar-refractivity contribution in [3.8, 4) is 11.4 Å². The van der Waals surface area contributed by atoms with E-state index in [2.05, 4.69) is 15.5 Å². The summed E-state index contributed by atoms with van der Waals surface area (Å²) in [5, 5.41) is 11.8. The molecule has 0 N–H and O–H groups in total. The Balaban J connectivity index is 1.62. The van der Waals surface area contributed by atoms with E-state index in [1.54, 1.807) is 18.2 Å². The predicted octanol–water partition coefficient (Wildman–Crippen LogP) is 3.04. The molecule has 3 aromatic rings. The van der Waals surface area contributed by atoms with Crippen molar-refractivity contribution < 1.29 is 18.7 Å². The van der Waals surface area contributed by atoms with Gasteiger partial charge >= 0.3 is 5.97 Å². The minimum atomic E-state index is -0.546. The van der Waals surface area contributed by atoms with Crippen LogP contribution in [0.15, 0.2) is 53.1 Å².